The summed E-state index contributed by atoms with van der Waals surface area (Å²) in [6.07, 6.45) is 1.42. The molecule has 0 rings (SSSR count). The van der Waals surface area contributed by atoms with Crippen molar-refractivity contribution in [3.8, 4) is 0 Å². The first-order valence-electron chi connectivity index (χ1n) is 2.67. The summed E-state index contributed by atoms with van der Waals surface area (Å²) in [5.74, 6) is 0. The van der Waals surface area contributed by atoms with Gasteiger partial charge in [0.05, 0.1) is 6.10 Å². The van der Waals surface area contributed by atoms with E-state index in [1.165, 1.54) is 0 Å². The van der Waals surface area contributed by atoms with Gasteiger partial charge in [-0.25, -0.2) is 0 Å². The van der Waals surface area contributed by atoms with Gasteiger partial charge in [0.1, 0.15) is 0 Å². The highest BCUT2D eigenvalue weighted by Gasteiger charge is 1.94. The van der Waals surface area contributed by atoms with E-state index in [1.54, 1.807) is 13.1 Å². The molecule has 0 aliphatic rings. The van der Waals surface area contributed by atoms with Gasteiger partial charge in [-0.2, -0.15) is 0 Å². The molecule has 0 aromatic rings. The number of nitrogens with zero attached hydrogens (tertiary/aromatic N) is 1. The highest BCUT2D eigenvalue weighted by molar-refractivity contribution is 4.67. The number of hydrogen-bond donors (Lipinski definition) is 1. The number of aliphatic hydroxyl groups excluding tert-OH is 1. The summed E-state index contributed by atoms with van der Waals surface area (Å²) in [4.78, 5) is 1.84. The lowest BCUT2D eigenvalue weighted by molar-refractivity contribution is 0.161. The standard InChI is InChI=1S/C6H13NO/c1-4-7(3)5-6(2)8/h4,6,8H,1,5H2,2-3H3. The van der Waals surface area contributed by atoms with Crippen LogP contribution in [0.15, 0.2) is 12.8 Å². The lowest BCUT2D eigenvalue weighted by Crippen LogP contribution is -2.21. The van der Waals surface area contributed by atoms with Crippen LogP contribution >= 0.6 is 0 Å². The Bertz CT molecular complexity index is 70.9. The molecule has 0 aromatic heterocycles. The van der Waals surface area contributed by atoms with Gasteiger partial charge in [0.15, 0.2) is 0 Å². The zero-order chi connectivity index (χ0) is 6.57. The SMILES string of the molecule is C=CN(C)CC(C)O. The van der Waals surface area contributed by atoms with Crippen LogP contribution in [0.2, 0.25) is 0 Å². The molecule has 1 atom stereocenters. The molecule has 1 unspecified atom stereocenters. The van der Waals surface area contributed by atoms with Crippen molar-refractivity contribution in [1.82, 2.24) is 4.90 Å². The summed E-state index contributed by atoms with van der Waals surface area (Å²) < 4.78 is 0. The predicted molar refractivity (Wildman–Crippen MR) is 34.5 cm³/mol. The van der Waals surface area contributed by atoms with Crippen LogP contribution in [0.1, 0.15) is 6.92 Å². The lowest BCUT2D eigenvalue weighted by atomic mass is 10.4. The number of hydrogen-bond acceptors (Lipinski definition) is 2. The molecule has 48 valence electrons. The van der Waals surface area contributed by atoms with E-state index in [4.69, 9.17) is 5.11 Å². The molecule has 0 aliphatic carbocycles. The first-order valence-corrected chi connectivity index (χ1v) is 2.67. The summed E-state index contributed by atoms with van der Waals surface area (Å²) >= 11 is 0. The predicted octanol–water partition coefficient (Wildman–Crippen LogP) is 0.442. The van der Waals surface area contributed by atoms with E-state index in [-0.39, 0.29) is 6.10 Å². The quantitative estimate of drug-likeness (QED) is 0.577. The largest absolute Gasteiger partial charge is 0.392 e. The Hall–Kier alpha value is -0.500. The van der Waals surface area contributed by atoms with Crippen LogP contribution in [0.25, 0.3) is 0 Å². The van der Waals surface area contributed by atoms with Crippen LogP contribution < -0.4 is 0 Å². The van der Waals surface area contributed by atoms with Gasteiger partial charge in [0, 0.05) is 13.6 Å². The fraction of sp³-hybridized carbons (Fsp3) is 0.667. The topological polar surface area (TPSA) is 23.5 Å². The van der Waals surface area contributed by atoms with E-state index < -0.39 is 0 Å². The van der Waals surface area contributed by atoms with Crippen LogP contribution in [0.5, 0.6) is 0 Å². The molecule has 0 bridgehead atoms. The Morgan fingerprint density at radius 2 is 2.38 bits per heavy atom. The average Bonchev–Trinajstić information content (AvgIpc) is 1.65. The summed E-state index contributed by atoms with van der Waals surface area (Å²) in [5.41, 5.74) is 0. The maximum absolute atomic E-state index is 8.76. The number of rotatable bonds is 3. The molecule has 0 saturated carbocycles. The van der Waals surface area contributed by atoms with Crippen molar-refractivity contribution in [1.29, 1.82) is 0 Å². The van der Waals surface area contributed by atoms with Crippen LogP contribution in [0, 0.1) is 0 Å². The third-order valence-electron chi connectivity index (χ3n) is 0.864. The molecule has 1 N–H and O–H groups in total. The van der Waals surface area contributed by atoms with Gasteiger partial charge in [-0.15, -0.1) is 0 Å². The molecule has 0 saturated heterocycles. The molecule has 0 aromatic carbocycles. The Morgan fingerprint density at radius 3 is 2.50 bits per heavy atom. The van der Waals surface area contributed by atoms with Crippen LogP contribution in [-0.4, -0.2) is 29.7 Å². The van der Waals surface area contributed by atoms with Crippen LogP contribution in [0.4, 0.5) is 0 Å². The van der Waals surface area contributed by atoms with Gasteiger partial charge < -0.3 is 10.0 Å². The number of likely N-dealkylation sites (N-methyl/N-ethyl adjacent to an activating group) is 1. The maximum Gasteiger partial charge on any atom is 0.0686 e. The van der Waals surface area contributed by atoms with Gasteiger partial charge >= 0.3 is 0 Å². The molecule has 8 heavy (non-hydrogen) atoms. The third kappa shape index (κ3) is 3.68. The second kappa shape index (κ2) is 3.50. The van der Waals surface area contributed by atoms with Gasteiger partial charge in [0.25, 0.3) is 0 Å². The zero-order valence-corrected chi connectivity index (χ0v) is 5.46. The van der Waals surface area contributed by atoms with E-state index in [9.17, 15) is 0 Å². The van der Waals surface area contributed by atoms with Crippen molar-refractivity contribution in [2.75, 3.05) is 13.6 Å². The summed E-state index contributed by atoms with van der Waals surface area (Å²) in [5, 5.41) is 8.76. The Labute approximate surface area is 50.4 Å². The Kier molecular flexibility index (Phi) is 3.28. The zero-order valence-electron chi connectivity index (χ0n) is 5.46. The van der Waals surface area contributed by atoms with Gasteiger partial charge in [0.2, 0.25) is 0 Å². The fourth-order valence-corrected chi connectivity index (χ4v) is 0.491. The van der Waals surface area contributed by atoms with Crippen molar-refractivity contribution >= 4 is 0 Å². The van der Waals surface area contributed by atoms with E-state index in [2.05, 4.69) is 6.58 Å². The molecule has 0 spiro atoms. The molecule has 0 heterocycles. The Balaban J connectivity index is 3.23. The third-order valence-corrected chi connectivity index (χ3v) is 0.864. The molecular formula is C6H13NO. The molecule has 0 fully saturated rings. The van der Waals surface area contributed by atoms with Crippen molar-refractivity contribution in [2.24, 2.45) is 0 Å². The normalized spacial score (nSPS) is 12.9. The average molecular weight is 115 g/mol. The van der Waals surface area contributed by atoms with Crippen LogP contribution in [0.3, 0.4) is 0 Å². The van der Waals surface area contributed by atoms with E-state index in [1.807, 2.05) is 11.9 Å². The van der Waals surface area contributed by atoms with E-state index in [0.717, 1.165) is 0 Å². The van der Waals surface area contributed by atoms with Gasteiger partial charge in [-0.3, -0.25) is 0 Å². The minimum absolute atomic E-state index is 0.266. The smallest absolute Gasteiger partial charge is 0.0686 e. The maximum atomic E-state index is 8.76. The van der Waals surface area contributed by atoms with E-state index in [0.29, 0.717) is 6.54 Å². The molecule has 0 radical (unpaired) electrons. The lowest BCUT2D eigenvalue weighted by Gasteiger charge is -2.14. The molecule has 2 nitrogen and oxygen atoms in total. The minimum Gasteiger partial charge on any atom is -0.392 e. The Morgan fingerprint density at radius 1 is 1.88 bits per heavy atom. The first kappa shape index (κ1) is 7.50. The first-order chi connectivity index (χ1) is 3.66. The summed E-state index contributed by atoms with van der Waals surface area (Å²) in [6.45, 7) is 5.93. The van der Waals surface area contributed by atoms with Gasteiger partial charge in [-0.1, -0.05) is 6.58 Å². The second-order valence-corrected chi connectivity index (χ2v) is 1.97. The number of aliphatic hydroxyl groups is 1. The van der Waals surface area contributed by atoms with Crippen molar-refractivity contribution in [3.63, 3.8) is 0 Å². The second-order valence-electron chi connectivity index (χ2n) is 1.97. The minimum atomic E-state index is -0.266. The van der Waals surface area contributed by atoms with E-state index >= 15 is 0 Å². The van der Waals surface area contributed by atoms with Crippen LogP contribution in [-0.2, 0) is 0 Å². The van der Waals surface area contributed by atoms with Crippen molar-refractivity contribution in [3.05, 3.63) is 12.8 Å². The molecule has 0 amide bonds. The fourth-order valence-electron chi connectivity index (χ4n) is 0.491. The molecule has 0 aliphatic heterocycles. The van der Waals surface area contributed by atoms with Crippen molar-refractivity contribution < 1.29 is 5.11 Å². The monoisotopic (exact) mass is 115 g/mol. The van der Waals surface area contributed by atoms with Crippen molar-refractivity contribution in [2.45, 2.75) is 13.0 Å². The highest BCUT2D eigenvalue weighted by atomic mass is 16.3. The summed E-state index contributed by atoms with van der Waals surface area (Å²) in [7, 11) is 1.87. The molecular weight excluding hydrogens is 102 g/mol. The highest BCUT2D eigenvalue weighted by Crippen LogP contribution is 1.85. The summed E-state index contributed by atoms with van der Waals surface area (Å²) in [6, 6.07) is 0. The molecule has 2 heteroatoms. The van der Waals surface area contributed by atoms with Gasteiger partial charge in [-0.05, 0) is 13.1 Å².